The van der Waals surface area contributed by atoms with Gasteiger partial charge in [-0.15, -0.1) is 0 Å². The van der Waals surface area contributed by atoms with Crippen molar-refractivity contribution in [2.75, 3.05) is 12.4 Å². The molecule has 0 aliphatic carbocycles. The Morgan fingerprint density at radius 1 is 1.60 bits per heavy atom. The van der Waals surface area contributed by atoms with E-state index >= 15 is 0 Å². The summed E-state index contributed by atoms with van der Waals surface area (Å²) in [5.41, 5.74) is 0. The van der Waals surface area contributed by atoms with E-state index in [1.807, 2.05) is 0 Å². The van der Waals surface area contributed by atoms with Gasteiger partial charge in [0.05, 0.1) is 6.61 Å². The summed E-state index contributed by atoms with van der Waals surface area (Å²) in [6.07, 6.45) is 0. The van der Waals surface area contributed by atoms with Crippen molar-refractivity contribution in [3.8, 4) is 0 Å². The van der Waals surface area contributed by atoms with Gasteiger partial charge in [0.1, 0.15) is 0 Å². The van der Waals surface area contributed by atoms with E-state index < -0.39 is 0 Å². The average Bonchev–Trinajstić information content (AvgIpc) is 1.37. The van der Waals surface area contributed by atoms with Crippen LogP contribution < -0.4 is 0 Å². The average molecular weight is 86.1 g/mol. The quantitative estimate of drug-likeness (QED) is 0.318. The summed E-state index contributed by atoms with van der Waals surface area (Å²) in [6, 6.07) is 0. The first-order valence-electron chi connectivity index (χ1n) is 1.13. The first-order chi connectivity index (χ1) is 1.91. The van der Waals surface area contributed by atoms with E-state index in [1.54, 1.807) is 0 Å². The molecule has 1 nitrogen and oxygen atoms in total. The molecule has 0 saturated carbocycles. The molecule has 0 saturated heterocycles. The van der Waals surface area contributed by atoms with Gasteiger partial charge in [-0.05, 0) is 0 Å². The molecule has 0 aromatic carbocycles. The predicted octanol–water partition coefficient (Wildman–Crippen LogP) is -0.740. The molecule has 0 unspecified atom stereocenters. The minimum atomic E-state index is 0. The number of aliphatic hydroxyl groups excluding tert-OH is 1. The molecular formula is C2H7LiOS. The van der Waals surface area contributed by atoms with Gasteiger partial charge in [-0.1, -0.05) is 0 Å². The van der Waals surface area contributed by atoms with Crippen LogP contribution in [0.4, 0.5) is 0 Å². The second-order valence-electron chi connectivity index (χ2n) is 0.447. The van der Waals surface area contributed by atoms with E-state index in [-0.39, 0.29) is 25.5 Å². The van der Waals surface area contributed by atoms with E-state index in [2.05, 4.69) is 12.6 Å². The Labute approximate surface area is 49.4 Å². The third-order valence-corrected chi connectivity index (χ3v) is 0.300. The van der Waals surface area contributed by atoms with Gasteiger partial charge in [-0.3, -0.25) is 0 Å². The van der Waals surface area contributed by atoms with Gasteiger partial charge in [-0.2, -0.15) is 12.6 Å². The Balaban J connectivity index is 0. The monoisotopic (exact) mass is 86.0 g/mol. The van der Waals surface area contributed by atoms with E-state index in [0.717, 1.165) is 0 Å². The Morgan fingerprint density at radius 3 is 1.80 bits per heavy atom. The first-order valence-corrected chi connectivity index (χ1v) is 1.76. The SMILES string of the molecule is OCCS.[LiH]. The van der Waals surface area contributed by atoms with Crippen LogP contribution in [-0.4, -0.2) is 36.3 Å². The van der Waals surface area contributed by atoms with Crippen LogP contribution in [0, 0.1) is 0 Å². The molecule has 0 bridgehead atoms. The first kappa shape index (κ1) is 9.32. The molecule has 0 aromatic heterocycles. The second kappa shape index (κ2) is 8.86. The van der Waals surface area contributed by atoms with Crippen molar-refractivity contribution in [3.05, 3.63) is 0 Å². The minimum absolute atomic E-state index is 0. The molecular weight excluding hydrogens is 79.0 g/mol. The summed E-state index contributed by atoms with van der Waals surface area (Å²) in [7, 11) is 0. The molecule has 0 amide bonds. The summed E-state index contributed by atoms with van der Waals surface area (Å²) < 4.78 is 0. The summed E-state index contributed by atoms with van der Waals surface area (Å²) >= 11 is 3.67. The number of aliphatic hydroxyl groups is 1. The Bertz CT molecular complexity index is 11.6. The van der Waals surface area contributed by atoms with Crippen LogP contribution in [0.3, 0.4) is 0 Å². The molecule has 0 heterocycles. The molecule has 0 aliphatic heterocycles. The van der Waals surface area contributed by atoms with E-state index in [9.17, 15) is 0 Å². The standard InChI is InChI=1S/C2H6OS.Li.H/c3-1-2-4;;/h3-4H,1-2H2;;. The van der Waals surface area contributed by atoms with Gasteiger partial charge in [0.2, 0.25) is 0 Å². The zero-order chi connectivity index (χ0) is 3.41. The molecule has 0 rings (SSSR count). The number of hydrogen-bond donors (Lipinski definition) is 2. The van der Waals surface area contributed by atoms with Crippen molar-refractivity contribution < 1.29 is 5.11 Å². The van der Waals surface area contributed by atoms with Crippen molar-refractivity contribution in [2.24, 2.45) is 0 Å². The van der Waals surface area contributed by atoms with Crippen LogP contribution in [0.2, 0.25) is 0 Å². The number of hydrogen-bond acceptors (Lipinski definition) is 2. The molecule has 0 radical (unpaired) electrons. The van der Waals surface area contributed by atoms with Crippen LogP contribution in [0.25, 0.3) is 0 Å². The van der Waals surface area contributed by atoms with Gasteiger partial charge >= 0.3 is 18.9 Å². The van der Waals surface area contributed by atoms with Crippen molar-refractivity contribution in [3.63, 3.8) is 0 Å². The molecule has 1 N–H and O–H groups in total. The molecule has 0 spiro atoms. The molecule has 3 heteroatoms. The van der Waals surface area contributed by atoms with E-state index in [1.165, 1.54) is 0 Å². The topological polar surface area (TPSA) is 20.2 Å². The molecule has 0 aliphatic rings. The molecule has 0 fully saturated rings. The van der Waals surface area contributed by atoms with Crippen molar-refractivity contribution in [1.29, 1.82) is 0 Å². The van der Waals surface area contributed by atoms with Gasteiger partial charge in [0, 0.05) is 5.75 Å². The maximum atomic E-state index is 7.80. The summed E-state index contributed by atoms with van der Waals surface area (Å²) in [4.78, 5) is 0. The summed E-state index contributed by atoms with van der Waals surface area (Å²) in [5.74, 6) is 0.569. The Kier molecular flexibility index (Phi) is 16.5. The fourth-order valence-corrected chi connectivity index (χ4v) is 0. The zero-order valence-electron chi connectivity index (χ0n) is 2.31. The molecule has 28 valence electrons. The molecule has 0 atom stereocenters. The fourth-order valence-electron chi connectivity index (χ4n) is 0. The van der Waals surface area contributed by atoms with Gasteiger partial charge in [0.25, 0.3) is 0 Å². The molecule has 5 heavy (non-hydrogen) atoms. The summed E-state index contributed by atoms with van der Waals surface area (Å²) in [5, 5.41) is 7.80. The van der Waals surface area contributed by atoms with Crippen molar-refractivity contribution >= 4 is 31.5 Å². The van der Waals surface area contributed by atoms with Crippen LogP contribution in [0.5, 0.6) is 0 Å². The van der Waals surface area contributed by atoms with E-state index in [4.69, 9.17) is 5.11 Å². The van der Waals surface area contributed by atoms with Crippen molar-refractivity contribution in [2.45, 2.75) is 0 Å². The van der Waals surface area contributed by atoms with E-state index in [0.29, 0.717) is 5.75 Å². The van der Waals surface area contributed by atoms with Crippen LogP contribution in [-0.2, 0) is 0 Å². The molecule has 0 aromatic rings. The van der Waals surface area contributed by atoms with Gasteiger partial charge in [0.15, 0.2) is 0 Å². The van der Waals surface area contributed by atoms with Gasteiger partial charge < -0.3 is 5.11 Å². The van der Waals surface area contributed by atoms with Crippen LogP contribution in [0.15, 0.2) is 0 Å². The number of thiol groups is 1. The Hall–Kier alpha value is 0.907. The van der Waals surface area contributed by atoms with Crippen molar-refractivity contribution in [1.82, 2.24) is 0 Å². The van der Waals surface area contributed by atoms with Crippen LogP contribution in [0.1, 0.15) is 0 Å². The Morgan fingerprint density at radius 2 is 1.80 bits per heavy atom. The fraction of sp³-hybridized carbons (Fsp3) is 1.00. The maximum absolute atomic E-state index is 7.80. The summed E-state index contributed by atoms with van der Waals surface area (Å²) in [6.45, 7) is 0.184. The normalized spacial score (nSPS) is 6.00. The predicted molar refractivity (Wildman–Crippen MR) is 28.1 cm³/mol. The second-order valence-corrected chi connectivity index (χ2v) is 0.894. The third kappa shape index (κ3) is 11.4. The number of rotatable bonds is 1. The van der Waals surface area contributed by atoms with Crippen LogP contribution >= 0.6 is 12.6 Å². The third-order valence-electron chi connectivity index (χ3n) is 0.1000. The van der Waals surface area contributed by atoms with Gasteiger partial charge in [-0.25, -0.2) is 0 Å². The zero-order valence-corrected chi connectivity index (χ0v) is 3.20.